The Hall–Kier alpha value is -2.73. The van der Waals surface area contributed by atoms with Crippen molar-refractivity contribution >= 4 is 5.91 Å². The lowest BCUT2D eigenvalue weighted by atomic mass is 10.1. The van der Waals surface area contributed by atoms with Crippen molar-refractivity contribution in [1.29, 1.82) is 0 Å². The van der Waals surface area contributed by atoms with E-state index >= 15 is 0 Å². The first-order valence-corrected chi connectivity index (χ1v) is 9.84. The summed E-state index contributed by atoms with van der Waals surface area (Å²) < 4.78 is 11.2. The molecule has 0 atom stereocenters. The van der Waals surface area contributed by atoms with Crippen molar-refractivity contribution in [2.24, 2.45) is 0 Å². The minimum Gasteiger partial charge on any atom is -0.508 e. The molecular weight excluding hydrogens is 356 g/mol. The van der Waals surface area contributed by atoms with Gasteiger partial charge in [0.25, 0.3) is 0 Å². The molecule has 1 fully saturated rings. The van der Waals surface area contributed by atoms with Gasteiger partial charge >= 0.3 is 0 Å². The average Bonchev–Trinajstić information content (AvgIpc) is 2.73. The number of para-hydroxylation sites is 1. The Morgan fingerprint density at radius 2 is 1.71 bits per heavy atom. The summed E-state index contributed by atoms with van der Waals surface area (Å²) in [6.45, 7) is 5.24. The van der Waals surface area contributed by atoms with Gasteiger partial charge in [0.15, 0.2) is 11.5 Å². The van der Waals surface area contributed by atoms with E-state index in [1.54, 1.807) is 12.1 Å². The molecule has 0 radical (unpaired) electrons. The monoisotopic (exact) mass is 382 g/mol. The normalized spacial score (nSPS) is 16.8. The van der Waals surface area contributed by atoms with Crippen LogP contribution in [-0.2, 0) is 17.8 Å². The van der Waals surface area contributed by atoms with Crippen LogP contribution >= 0.6 is 0 Å². The Balaban J connectivity index is 1.25. The van der Waals surface area contributed by atoms with Gasteiger partial charge in [0.05, 0.1) is 0 Å². The van der Waals surface area contributed by atoms with E-state index in [0.29, 0.717) is 26.1 Å². The molecule has 0 aliphatic carbocycles. The molecule has 1 saturated heterocycles. The molecule has 6 nitrogen and oxygen atoms in total. The van der Waals surface area contributed by atoms with E-state index in [9.17, 15) is 9.90 Å². The molecule has 6 heteroatoms. The van der Waals surface area contributed by atoms with Crippen LogP contribution in [-0.4, -0.2) is 60.2 Å². The number of amides is 1. The number of phenols is 1. The van der Waals surface area contributed by atoms with Crippen molar-refractivity contribution in [2.75, 3.05) is 39.4 Å². The van der Waals surface area contributed by atoms with E-state index in [1.165, 1.54) is 5.56 Å². The zero-order valence-electron chi connectivity index (χ0n) is 16.0. The third-order valence-corrected chi connectivity index (χ3v) is 5.34. The van der Waals surface area contributed by atoms with Crippen LogP contribution in [0.4, 0.5) is 0 Å². The zero-order chi connectivity index (χ0) is 19.3. The van der Waals surface area contributed by atoms with Crippen molar-refractivity contribution < 1.29 is 19.4 Å². The first-order chi connectivity index (χ1) is 13.7. The van der Waals surface area contributed by atoms with E-state index in [1.807, 2.05) is 23.1 Å². The second kappa shape index (κ2) is 8.52. The SMILES string of the molecule is O=C(CCc1ccccc1O)N1CCN(Cc2ccc3c(c2)OCCO3)CC1. The molecule has 148 valence electrons. The maximum Gasteiger partial charge on any atom is 0.222 e. The lowest BCUT2D eigenvalue weighted by Crippen LogP contribution is -2.48. The minimum absolute atomic E-state index is 0.155. The van der Waals surface area contributed by atoms with Gasteiger partial charge in [0.1, 0.15) is 19.0 Å². The van der Waals surface area contributed by atoms with Gasteiger partial charge in [-0.15, -0.1) is 0 Å². The van der Waals surface area contributed by atoms with Gasteiger partial charge in [-0.3, -0.25) is 9.69 Å². The Bertz CT molecular complexity index is 831. The molecule has 2 aromatic rings. The Kier molecular flexibility index (Phi) is 5.67. The summed E-state index contributed by atoms with van der Waals surface area (Å²) in [7, 11) is 0. The van der Waals surface area contributed by atoms with Crippen LogP contribution in [0.2, 0.25) is 0 Å². The Labute approximate surface area is 165 Å². The number of hydrogen-bond acceptors (Lipinski definition) is 5. The molecule has 2 heterocycles. The van der Waals surface area contributed by atoms with E-state index in [-0.39, 0.29) is 11.7 Å². The van der Waals surface area contributed by atoms with Crippen LogP contribution in [0.3, 0.4) is 0 Å². The summed E-state index contributed by atoms with van der Waals surface area (Å²) in [5, 5.41) is 9.83. The van der Waals surface area contributed by atoms with E-state index in [2.05, 4.69) is 17.0 Å². The number of rotatable bonds is 5. The molecule has 2 aromatic carbocycles. The third kappa shape index (κ3) is 4.39. The molecule has 2 aliphatic heterocycles. The van der Waals surface area contributed by atoms with Crippen molar-refractivity contribution in [2.45, 2.75) is 19.4 Å². The molecule has 1 N–H and O–H groups in total. The number of carbonyl (C=O) groups excluding carboxylic acids is 1. The van der Waals surface area contributed by atoms with Crippen molar-refractivity contribution in [1.82, 2.24) is 9.80 Å². The number of aromatic hydroxyl groups is 1. The highest BCUT2D eigenvalue weighted by atomic mass is 16.6. The van der Waals surface area contributed by atoms with Gasteiger partial charge in [-0.2, -0.15) is 0 Å². The Morgan fingerprint density at radius 1 is 0.964 bits per heavy atom. The van der Waals surface area contributed by atoms with Crippen LogP contribution < -0.4 is 9.47 Å². The molecule has 0 unspecified atom stereocenters. The first kappa shape index (κ1) is 18.6. The minimum atomic E-state index is 0.155. The highest BCUT2D eigenvalue weighted by molar-refractivity contribution is 5.76. The number of piperazine rings is 1. The fourth-order valence-corrected chi connectivity index (χ4v) is 3.72. The van der Waals surface area contributed by atoms with Crippen molar-refractivity contribution in [3.63, 3.8) is 0 Å². The summed E-state index contributed by atoms with van der Waals surface area (Å²) in [6, 6.07) is 13.3. The van der Waals surface area contributed by atoms with Gasteiger partial charge in [0.2, 0.25) is 5.91 Å². The van der Waals surface area contributed by atoms with Gasteiger partial charge in [-0.25, -0.2) is 0 Å². The summed E-state index contributed by atoms with van der Waals surface area (Å²) >= 11 is 0. The highest BCUT2D eigenvalue weighted by Crippen LogP contribution is 2.31. The number of phenolic OH excluding ortho intramolecular Hbond substituents is 1. The van der Waals surface area contributed by atoms with Crippen LogP contribution in [0.25, 0.3) is 0 Å². The lowest BCUT2D eigenvalue weighted by molar-refractivity contribution is -0.133. The van der Waals surface area contributed by atoms with Crippen LogP contribution in [0.1, 0.15) is 17.5 Å². The summed E-state index contributed by atoms with van der Waals surface area (Å²) in [4.78, 5) is 16.8. The topological polar surface area (TPSA) is 62.2 Å². The molecule has 1 amide bonds. The largest absolute Gasteiger partial charge is 0.508 e. The van der Waals surface area contributed by atoms with Crippen LogP contribution in [0.5, 0.6) is 17.2 Å². The molecule has 4 rings (SSSR count). The molecular formula is C22H26N2O4. The summed E-state index contributed by atoms with van der Waals surface area (Å²) in [6.07, 6.45) is 1.00. The smallest absolute Gasteiger partial charge is 0.222 e. The number of ether oxygens (including phenoxy) is 2. The maximum atomic E-state index is 12.5. The Morgan fingerprint density at radius 3 is 2.50 bits per heavy atom. The fraction of sp³-hybridized carbons (Fsp3) is 0.409. The second-order valence-corrected chi connectivity index (χ2v) is 7.26. The van der Waals surface area contributed by atoms with Crippen molar-refractivity contribution in [3.8, 4) is 17.2 Å². The van der Waals surface area contributed by atoms with Gasteiger partial charge in [0, 0.05) is 39.1 Å². The van der Waals surface area contributed by atoms with Gasteiger partial charge < -0.3 is 19.5 Å². The number of carbonyl (C=O) groups is 1. The van der Waals surface area contributed by atoms with Crippen LogP contribution in [0.15, 0.2) is 42.5 Å². The predicted molar refractivity (Wildman–Crippen MR) is 106 cm³/mol. The van der Waals surface area contributed by atoms with Gasteiger partial charge in [-0.1, -0.05) is 24.3 Å². The number of benzene rings is 2. The van der Waals surface area contributed by atoms with E-state index in [4.69, 9.17) is 9.47 Å². The summed E-state index contributed by atoms with van der Waals surface area (Å²) in [5.74, 6) is 2.05. The second-order valence-electron chi connectivity index (χ2n) is 7.26. The molecule has 0 aromatic heterocycles. The maximum absolute atomic E-state index is 12.5. The number of nitrogens with zero attached hydrogens (tertiary/aromatic N) is 2. The number of fused-ring (bicyclic) bond motifs is 1. The molecule has 0 saturated carbocycles. The average molecular weight is 382 g/mol. The number of aryl methyl sites for hydroxylation is 1. The van der Waals surface area contributed by atoms with Crippen molar-refractivity contribution in [3.05, 3.63) is 53.6 Å². The molecule has 0 spiro atoms. The molecule has 0 bridgehead atoms. The highest BCUT2D eigenvalue weighted by Gasteiger charge is 2.22. The molecule has 28 heavy (non-hydrogen) atoms. The first-order valence-electron chi connectivity index (χ1n) is 9.84. The van der Waals surface area contributed by atoms with E-state index < -0.39 is 0 Å². The quantitative estimate of drug-likeness (QED) is 0.861. The molecule has 2 aliphatic rings. The van der Waals surface area contributed by atoms with E-state index in [0.717, 1.165) is 49.8 Å². The third-order valence-electron chi connectivity index (χ3n) is 5.34. The predicted octanol–water partition coefficient (Wildman–Crippen LogP) is 2.44. The zero-order valence-corrected chi connectivity index (χ0v) is 16.0. The number of hydrogen-bond donors (Lipinski definition) is 1. The van der Waals surface area contributed by atoms with Gasteiger partial charge in [-0.05, 0) is 35.7 Å². The fourth-order valence-electron chi connectivity index (χ4n) is 3.72. The standard InChI is InChI=1S/C22H26N2O4/c25-19-4-2-1-3-18(19)6-8-22(26)24-11-9-23(10-12-24)16-17-5-7-20-21(15-17)28-14-13-27-20/h1-5,7,15,25H,6,8-14,16H2. The lowest BCUT2D eigenvalue weighted by Gasteiger charge is -2.35. The van der Waals surface area contributed by atoms with Crippen LogP contribution in [0, 0.1) is 0 Å². The summed E-state index contributed by atoms with van der Waals surface area (Å²) in [5.41, 5.74) is 2.02.